The maximum absolute atomic E-state index is 9.19. The highest BCUT2D eigenvalue weighted by Crippen LogP contribution is 2.28. The maximum atomic E-state index is 9.19. The number of rotatable bonds is 5. The molecule has 94 valence electrons. The average molecular weight is 237 g/mol. The molecule has 1 saturated carbocycles. The molecule has 0 atom stereocenters. The van der Waals surface area contributed by atoms with Gasteiger partial charge in [0.25, 0.3) is 0 Å². The van der Waals surface area contributed by atoms with Gasteiger partial charge in [-0.05, 0) is 30.5 Å². The fourth-order valence-electron chi connectivity index (χ4n) is 2.01. The van der Waals surface area contributed by atoms with E-state index < -0.39 is 0 Å². The third-order valence-corrected chi connectivity index (χ3v) is 3.16. The van der Waals surface area contributed by atoms with Gasteiger partial charge < -0.3 is 19.9 Å². The maximum Gasteiger partial charge on any atom is 0.161 e. The number of hydrogen-bond donors (Lipinski definition) is 2. The molecule has 0 radical (unpaired) electrons. The molecule has 0 amide bonds. The molecule has 0 bridgehead atoms. The van der Waals surface area contributed by atoms with Crippen molar-refractivity contribution < 1.29 is 14.6 Å². The van der Waals surface area contributed by atoms with Gasteiger partial charge in [-0.1, -0.05) is 6.07 Å². The van der Waals surface area contributed by atoms with E-state index in [4.69, 9.17) is 9.47 Å². The van der Waals surface area contributed by atoms with Gasteiger partial charge in [-0.3, -0.25) is 0 Å². The summed E-state index contributed by atoms with van der Waals surface area (Å²) in [6.07, 6.45) is 1.60. The standard InChI is InChI=1S/C13H19NO3/c1-16-12-4-3-9(5-13(12)17-2)8-14-10-6-11(15)7-10/h3-5,10-11,14-15H,6-8H2,1-2H3. The van der Waals surface area contributed by atoms with Crippen molar-refractivity contribution in [2.24, 2.45) is 0 Å². The Bertz CT molecular complexity index is 375. The lowest BCUT2D eigenvalue weighted by Crippen LogP contribution is -2.43. The first-order chi connectivity index (χ1) is 8.22. The van der Waals surface area contributed by atoms with Gasteiger partial charge in [0, 0.05) is 12.6 Å². The van der Waals surface area contributed by atoms with Crippen LogP contribution in [0, 0.1) is 0 Å². The summed E-state index contributed by atoms with van der Waals surface area (Å²) in [4.78, 5) is 0. The Morgan fingerprint density at radius 2 is 1.94 bits per heavy atom. The van der Waals surface area contributed by atoms with Crippen LogP contribution in [-0.4, -0.2) is 31.5 Å². The van der Waals surface area contributed by atoms with Gasteiger partial charge in [0.05, 0.1) is 20.3 Å². The average Bonchev–Trinajstić information content (AvgIpc) is 2.32. The summed E-state index contributed by atoms with van der Waals surface area (Å²) in [6.45, 7) is 0.789. The minimum Gasteiger partial charge on any atom is -0.493 e. The minimum atomic E-state index is -0.113. The predicted octanol–water partition coefficient (Wildman–Crippen LogP) is 1.32. The SMILES string of the molecule is COc1ccc(CNC2CC(O)C2)cc1OC. The molecule has 0 heterocycles. The van der Waals surface area contributed by atoms with Crippen LogP contribution in [0.15, 0.2) is 18.2 Å². The Morgan fingerprint density at radius 1 is 1.24 bits per heavy atom. The molecule has 1 aromatic rings. The Balaban J connectivity index is 1.92. The minimum absolute atomic E-state index is 0.113. The van der Waals surface area contributed by atoms with Gasteiger partial charge >= 0.3 is 0 Å². The van der Waals surface area contributed by atoms with Crippen LogP contribution >= 0.6 is 0 Å². The molecule has 0 aliphatic heterocycles. The topological polar surface area (TPSA) is 50.7 Å². The first kappa shape index (κ1) is 12.2. The van der Waals surface area contributed by atoms with Gasteiger partial charge in [0.2, 0.25) is 0 Å². The number of ether oxygens (including phenoxy) is 2. The number of nitrogens with one attached hydrogen (secondary N) is 1. The summed E-state index contributed by atoms with van der Waals surface area (Å²) >= 11 is 0. The largest absolute Gasteiger partial charge is 0.493 e. The van der Waals surface area contributed by atoms with Gasteiger partial charge in [0.15, 0.2) is 11.5 Å². The second kappa shape index (κ2) is 5.38. The number of aliphatic hydroxyl groups is 1. The third-order valence-electron chi connectivity index (χ3n) is 3.16. The second-order valence-corrected chi connectivity index (χ2v) is 4.39. The van der Waals surface area contributed by atoms with E-state index in [0.717, 1.165) is 36.4 Å². The van der Waals surface area contributed by atoms with Gasteiger partial charge in [-0.2, -0.15) is 0 Å². The van der Waals surface area contributed by atoms with Crippen molar-refractivity contribution in [2.45, 2.75) is 31.5 Å². The van der Waals surface area contributed by atoms with Crippen molar-refractivity contribution in [1.29, 1.82) is 0 Å². The normalized spacial score (nSPS) is 23.0. The van der Waals surface area contributed by atoms with E-state index in [1.54, 1.807) is 14.2 Å². The summed E-state index contributed by atoms with van der Waals surface area (Å²) in [5.41, 5.74) is 1.16. The molecule has 2 N–H and O–H groups in total. The molecule has 0 aromatic heterocycles. The zero-order valence-electron chi connectivity index (χ0n) is 10.3. The zero-order chi connectivity index (χ0) is 12.3. The summed E-state index contributed by atoms with van der Waals surface area (Å²) in [5, 5.41) is 12.6. The van der Waals surface area contributed by atoms with E-state index in [9.17, 15) is 5.11 Å². The number of methoxy groups -OCH3 is 2. The summed E-state index contributed by atoms with van der Waals surface area (Å²) in [7, 11) is 3.27. The van der Waals surface area contributed by atoms with Gasteiger partial charge in [-0.15, -0.1) is 0 Å². The highest BCUT2D eigenvalue weighted by atomic mass is 16.5. The first-order valence-corrected chi connectivity index (χ1v) is 5.85. The number of hydrogen-bond acceptors (Lipinski definition) is 4. The Kier molecular flexibility index (Phi) is 3.86. The molecule has 1 aliphatic rings. The van der Waals surface area contributed by atoms with E-state index in [2.05, 4.69) is 5.32 Å². The lowest BCUT2D eigenvalue weighted by molar-refractivity contribution is 0.0619. The smallest absolute Gasteiger partial charge is 0.161 e. The molecule has 1 fully saturated rings. The molecule has 2 rings (SSSR count). The number of aliphatic hydroxyl groups excluding tert-OH is 1. The van der Waals surface area contributed by atoms with Crippen molar-refractivity contribution in [3.63, 3.8) is 0 Å². The van der Waals surface area contributed by atoms with Crippen LogP contribution in [0.5, 0.6) is 11.5 Å². The summed E-state index contributed by atoms with van der Waals surface area (Å²) in [6, 6.07) is 6.34. The second-order valence-electron chi connectivity index (χ2n) is 4.39. The fraction of sp³-hybridized carbons (Fsp3) is 0.538. The van der Waals surface area contributed by atoms with E-state index in [1.165, 1.54) is 0 Å². The molecular weight excluding hydrogens is 218 g/mol. The Morgan fingerprint density at radius 3 is 2.53 bits per heavy atom. The van der Waals surface area contributed by atoms with Crippen molar-refractivity contribution in [3.05, 3.63) is 23.8 Å². The van der Waals surface area contributed by atoms with Crippen LogP contribution in [-0.2, 0) is 6.54 Å². The van der Waals surface area contributed by atoms with Crippen molar-refractivity contribution in [1.82, 2.24) is 5.32 Å². The van der Waals surface area contributed by atoms with Crippen molar-refractivity contribution in [2.75, 3.05) is 14.2 Å². The highest BCUT2D eigenvalue weighted by molar-refractivity contribution is 5.42. The Hall–Kier alpha value is -1.26. The van der Waals surface area contributed by atoms with E-state index in [1.807, 2.05) is 18.2 Å². The van der Waals surface area contributed by atoms with Gasteiger partial charge in [0.1, 0.15) is 0 Å². The first-order valence-electron chi connectivity index (χ1n) is 5.85. The molecule has 4 heteroatoms. The van der Waals surface area contributed by atoms with E-state index in [0.29, 0.717) is 6.04 Å². The van der Waals surface area contributed by atoms with Crippen LogP contribution in [0.1, 0.15) is 18.4 Å². The summed E-state index contributed by atoms with van der Waals surface area (Å²) < 4.78 is 10.4. The van der Waals surface area contributed by atoms with E-state index in [-0.39, 0.29) is 6.10 Å². The Labute approximate surface area is 102 Å². The lowest BCUT2D eigenvalue weighted by Gasteiger charge is -2.32. The van der Waals surface area contributed by atoms with Crippen LogP contribution in [0.4, 0.5) is 0 Å². The molecular formula is C13H19NO3. The molecule has 0 unspecified atom stereocenters. The molecule has 4 nitrogen and oxygen atoms in total. The van der Waals surface area contributed by atoms with Crippen molar-refractivity contribution >= 4 is 0 Å². The summed E-state index contributed by atoms with van der Waals surface area (Å²) in [5.74, 6) is 1.50. The zero-order valence-corrected chi connectivity index (χ0v) is 10.3. The monoisotopic (exact) mass is 237 g/mol. The van der Waals surface area contributed by atoms with Crippen LogP contribution in [0.3, 0.4) is 0 Å². The molecule has 1 aromatic carbocycles. The highest BCUT2D eigenvalue weighted by Gasteiger charge is 2.26. The number of benzene rings is 1. The van der Waals surface area contributed by atoms with Crippen molar-refractivity contribution in [3.8, 4) is 11.5 Å². The molecule has 0 spiro atoms. The van der Waals surface area contributed by atoms with Crippen LogP contribution in [0.25, 0.3) is 0 Å². The van der Waals surface area contributed by atoms with Crippen LogP contribution < -0.4 is 14.8 Å². The molecule has 17 heavy (non-hydrogen) atoms. The quantitative estimate of drug-likeness (QED) is 0.811. The molecule has 0 saturated heterocycles. The third kappa shape index (κ3) is 2.90. The van der Waals surface area contributed by atoms with Crippen LogP contribution in [0.2, 0.25) is 0 Å². The molecule has 1 aliphatic carbocycles. The lowest BCUT2D eigenvalue weighted by atomic mass is 9.89. The van der Waals surface area contributed by atoms with Gasteiger partial charge in [-0.25, -0.2) is 0 Å². The fourth-order valence-corrected chi connectivity index (χ4v) is 2.01. The van der Waals surface area contributed by atoms with E-state index >= 15 is 0 Å². The predicted molar refractivity (Wildman–Crippen MR) is 65.4 cm³/mol.